The highest BCUT2D eigenvalue weighted by atomic mass is 15.1. The highest BCUT2D eigenvalue weighted by Gasteiger charge is 2.09. The first-order valence-corrected chi connectivity index (χ1v) is 6.47. The van der Waals surface area contributed by atoms with Gasteiger partial charge in [-0.3, -0.25) is 0 Å². The van der Waals surface area contributed by atoms with E-state index in [0.29, 0.717) is 0 Å². The van der Waals surface area contributed by atoms with Crippen molar-refractivity contribution in [2.75, 3.05) is 18.0 Å². The van der Waals surface area contributed by atoms with Crippen molar-refractivity contribution < 1.29 is 0 Å². The van der Waals surface area contributed by atoms with Crippen LogP contribution in [0, 0.1) is 0 Å². The smallest absolute Gasteiger partial charge is 0.115 e. The van der Waals surface area contributed by atoms with Crippen LogP contribution in [0.2, 0.25) is 0 Å². The molecule has 0 bridgehead atoms. The molecular weight excluding hydrogens is 222 g/mol. The second-order valence-electron chi connectivity index (χ2n) is 4.29. The number of aromatic nitrogens is 2. The Hall–Kier alpha value is -1.90. The van der Waals surface area contributed by atoms with Gasteiger partial charge in [0.1, 0.15) is 6.33 Å². The monoisotopic (exact) mass is 241 g/mol. The summed E-state index contributed by atoms with van der Waals surface area (Å²) in [5.74, 6) is 0. The number of nitrogens with zero attached hydrogens (tertiary/aromatic N) is 3. The van der Waals surface area contributed by atoms with Crippen molar-refractivity contribution in [1.29, 1.82) is 0 Å². The quantitative estimate of drug-likeness (QED) is 0.768. The van der Waals surface area contributed by atoms with E-state index in [1.165, 1.54) is 44.4 Å². The van der Waals surface area contributed by atoms with Crippen LogP contribution in [0.15, 0.2) is 55.1 Å². The van der Waals surface area contributed by atoms with Crippen molar-refractivity contribution in [2.45, 2.75) is 19.3 Å². The molecule has 2 aromatic rings. The third-order valence-corrected chi connectivity index (χ3v) is 2.96. The molecular formula is C15H19N3. The van der Waals surface area contributed by atoms with Crippen molar-refractivity contribution in [3.8, 4) is 0 Å². The van der Waals surface area contributed by atoms with E-state index < -0.39 is 0 Å². The van der Waals surface area contributed by atoms with Crippen LogP contribution in [0.3, 0.4) is 0 Å². The van der Waals surface area contributed by atoms with Gasteiger partial charge in [-0.25, -0.2) is 9.97 Å². The molecule has 0 radical (unpaired) electrons. The second-order valence-corrected chi connectivity index (χ2v) is 4.29. The van der Waals surface area contributed by atoms with Crippen molar-refractivity contribution >= 4 is 5.69 Å². The van der Waals surface area contributed by atoms with E-state index in [2.05, 4.69) is 45.2 Å². The summed E-state index contributed by atoms with van der Waals surface area (Å²) < 4.78 is 0. The summed E-state index contributed by atoms with van der Waals surface area (Å²) in [7, 11) is 0. The van der Waals surface area contributed by atoms with Gasteiger partial charge in [0.25, 0.3) is 0 Å². The number of piperidine rings is 1. The number of benzene rings is 1. The second kappa shape index (κ2) is 7.43. The lowest BCUT2D eigenvalue weighted by Gasteiger charge is -2.28. The Balaban J connectivity index is 0.000000169. The largest absolute Gasteiger partial charge is 0.372 e. The van der Waals surface area contributed by atoms with E-state index in [1.807, 2.05) is 0 Å². The summed E-state index contributed by atoms with van der Waals surface area (Å²) in [6.45, 7) is 2.48. The molecule has 0 N–H and O–H groups in total. The highest BCUT2D eigenvalue weighted by Crippen LogP contribution is 2.18. The van der Waals surface area contributed by atoms with E-state index in [0.717, 1.165) is 0 Å². The highest BCUT2D eigenvalue weighted by molar-refractivity contribution is 5.46. The molecule has 0 amide bonds. The molecule has 94 valence electrons. The maximum atomic E-state index is 3.67. The van der Waals surface area contributed by atoms with Gasteiger partial charge in [-0.1, -0.05) is 18.2 Å². The van der Waals surface area contributed by atoms with E-state index in [-0.39, 0.29) is 0 Å². The van der Waals surface area contributed by atoms with Crippen LogP contribution in [0.1, 0.15) is 19.3 Å². The van der Waals surface area contributed by atoms with Gasteiger partial charge in [-0.05, 0) is 37.5 Å². The van der Waals surface area contributed by atoms with Crippen molar-refractivity contribution in [1.82, 2.24) is 9.97 Å². The lowest BCUT2D eigenvalue weighted by Crippen LogP contribution is -2.29. The maximum Gasteiger partial charge on any atom is 0.115 e. The summed E-state index contributed by atoms with van der Waals surface area (Å²) in [5, 5.41) is 0. The molecule has 0 atom stereocenters. The number of hydrogen-bond donors (Lipinski definition) is 0. The molecule has 0 aliphatic carbocycles. The molecule has 1 saturated heterocycles. The molecule has 0 unspecified atom stereocenters. The van der Waals surface area contributed by atoms with Crippen LogP contribution in [-0.4, -0.2) is 23.1 Å². The molecule has 1 aromatic heterocycles. The molecule has 1 aromatic carbocycles. The topological polar surface area (TPSA) is 29.0 Å². The predicted octanol–water partition coefficient (Wildman–Crippen LogP) is 3.15. The van der Waals surface area contributed by atoms with Gasteiger partial charge in [0.2, 0.25) is 0 Å². The molecule has 3 heteroatoms. The van der Waals surface area contributed by atoms with Gasteiger partial charge in [0.15, 0.2) is 0 Å². The molecule has 18 heavy (non-hydrogen) atoms. The number of rotatable bonds is 1. The van der Waals surface area contributed by atoms with Gasteiger partial charge < -0.3 is 4.90 Å². The van der Waals surface area contributed by atoms with Crippen molar-refractivity contribution in [2.24, 2.45) is 0 Å². The zero-order chi connectivity index (χ0) is 12.5. The molecule has 0 saturated carbocycles. The van der Waals surface area contributed by atoms with Crippen LogP contribution < -0.4 is 4.90 Å². The lowest BCUT2D eigenvalue weighted by atomic mass is 10.1. The van der Waals surface area contributed by atoms with Crippen LogP contribution in [0.25, 0.3) is 0 Å². The summed E-state index contributed by atoms with van der Waals surface area (Å²) in [6.07, 6.45) is 8.99. The lowest BCUT2D eigenvalue weighted by molar-refractivity contribution is 0.578. The first-order valence-electron chi connectivity index (χ1n) is 6.47. The fraction of sp³-hybridized carbons (Fsp3) is 0.333. The average Bonchev–Trinajstić information content (AvgIpc) is 2.51. The Morgan fingerprint density at radius 2 is 1.44 bits per heavy atom. The predicted molar refractivity (Wildman–Crippen MR) is 74.5 cm³/mol. The van der Waals surface area contributed by atoms with Crippen LogP contribution in [0.5, 0.6) is 0 Å². The molecule has 1 aliphatic heterocycles. The number of hydrogen-bond acceptors (Lipinski definition) is 3. The van der Waals surface area contributed by atoms with Gasteiger partial charge in [-0.2, -0.15) is 0 Å². The van der Waals surface area contributed by atoms with Crippen LogP contribution in [-0.2, 0) is 0 Å². The molecule has 1 fully saturated rings. The Morgan fingerprint density at radius 3 is 1.94 bits per heavy atom. The Morgan fingerprint density at radius 1 is 0.778 bits per heavy atom. The first kappa shape index (κ1) is 12.6. The van der Waals surface area contributed by atoms with Gasteiger partial charge >= 0.3 is 0 Å². The zero-order valence-corrected chi connectivity index (χ0v) is 10.6. The fourth-order valence-electron chi connectivity index (χ4n) is 2.04. The van der Waals surface area contributed by atoms with E-state index in [9.17, 15) is 0 Å². The summed E-state index contributed by atoms with van der Waals surface area (Å²) in [6, 6.07) is 12.5. The third kappa shape index (κ3) is 4.17. The Kier molecular flexibility index (Phi) is 5.18. The van der Waals surface area contributed by atoms with E-state index in [1.54, 1.807) is 18.5 Å². The van der Waals surface area contributed by atoms with Gasteiger partial charge in [0.05, 0.1) is 0 Å². The minimum absolute atomic E-state index is 1.24. The van der Waals surface area contributed by atoms with Gasteiger partial charge in [-0.15, -0.1) is 0 Å². The number of anilines is 1. The normalized spacial score (nSPS) is 14.6. The van der Waals surface area contributed by atoms with E-state index >= 15 is 0 Å². The van der Waals surface area contributed by atoms with Crippen LogP contribution in [0.4, 0.5) is 5.69 Å². The summed E-state index contributed by atoms with van der Waals surface area (Å²) >= 11 is 0. The minimum Gasteiger partial charge on any atom is -0.372 e. The summed E-state index contributed by atoms with van der Waals surface area (Å²) in [5.41, 5.74) is 1.39. The zero-order valence-electron chi connectivity index (χ0n) is 10.6. The molecule has 3 nitrogen and oxygen atoms in total. The number of para-hydroxylation sites is 1. The standard InChI is InChI=1S/C11H15N.C4H4N2/c1-3-7-11(8-4-1)12-9-5-2-6-10-12;1-2-5-4-6-3-1/h1,3-4,7-8H,2,5-6,9-10H2;1-4H. The molecule has 0 spiro atoms. The first-order chi connectivity index (χ1) is 8.97. The third-order valence-electron chi connectivity index (χ3n) is 2.96. The minimum atomic E-state index is 1.24. The molecule has 2 heterocycles. The average molecular weight is 241 g/mol. The van der Waals surface area contributed by atoms with E-state index in [4.69, 9.17) is 0 Å². The molecule has 1 aliphatic rings. The SMILES string of the molecule is c1ccc(N2CCCCC2)cc1.c1cncnc1. The fourth-order valence-corrected chi connectivity index (χ4v) is 2.04. The van der Waals surface area contributed by atoms with Crippen molar-refractivity contribution in [3.05, 3.63) is 55.1 Å². The van der Waals surface area contributed by atoms with Crippen LogP contribution >= 0.6 is 0 Å². The Bertz CT molecular complexity index is 384. The van der Waals surface area contributed by atoms with Gasteiger partial charge in [0, 0.05) is 31.2 Å². The summed E-state index contributed by atoms with van der Waals surface area (Å²) in [4.78, 5) is 9.82. The van der Waals surface area contributed by atoms with Crippen molar-refractivity contribution in [3.63, 3.8) is 0 Å². The molecule has 3 rings (SSSR count). The maximum absolute atomic E-state index is 3.67. The Labute approximate surface area is 109 Å².